The number of hydrogen-bond acceptors (Lipinski definition) is 0. The normalized spacial score (nSPS) is 12.6. The Morgan fingerprint density at radius 1 is 0.950 bits per heavy atom. The van der Waals surface area contributed by atoms with E-state index in [1.807, 2.05) is 6.07 Å². The van der Waals surface area contributed by atoms with Gasteiger partial charge in [-0.2, -0.15) is 0 Å². The van der Waals surface area contributed by atoms with Gasteiger partial charge in [-0.3, -0.25) is 0 Å². The summed E-state index contributed by atoms with van der Waals surface area (Å²) in [4.78, 5) is -0.156. The Balaban J connectivity index is 2.69. The quantitative estimate of drug-likeness (QED) is 0.519. The lowest BCUT2D eigenvalue weighted by atomic mass is 9.90. The molecule has 106 valence electrons. The Kier molecular flexibility index (Phi) is 4.70. The Bertz CT molecular complexity index is 616. The molecule has 0 saturated heterocycles. The van der Waals surface area contributed by atoms with Gasteiger partial charge in [0, 0.05) is 10.0 Å². The van der Waals surface area contributed by atoms with Crippen LogP contribution in [-0.2, 0) is 0 Å². The van der Waals surface area contributed by atoms with Gasteiger partial charge in [-0.15, -0.1) is 0 Å². The SMILES string of the molecule is Cc1cc(C)c(C)c(C(Br)c2c(F)cccc2Br)c1C. The molecule has 3 heteroatoms. The predicted octanol–water partition coefficient (Wildman–Crippen LogP) is 6.31. The lowest BCUT2D eigenvalue weighted by molar-refractivity contribution is 0.612. The molecular weight excluding hydrogens is 383 g/mol. The van der Waals surface area contributed by atoms with Crippen molar-refractivity contribution in [2.75, 3.05) is 0 Å². The van der Waals surface area contributed by atoms with Crippen molar-refractivity contribution >= 4 is 31.9 Å². The number of benzene rings is 2. The molecule has 0 bridgehead atoms. The van der Waals surface area contributed by atoms with Crippen LogP contribution in [0.25, 0.3) is 0 Å². The third-order valence-corrected chi connectivity index (χ3v) is 5.54. The van der Waals surface area contributed by atoms with Gasteiger partial charge in [0.15, 0.2) is 0 Å². The number of hydrogen-bond donors (Lipinski definition) is 0. The number of rotatable bonds is 2. The molecule has 0 heterocycles. The zero-order valence-corrected chi connectivity index (χ0v) is 15.2. The van der Waals surface area contributed by atoms with Crippen molar-refractivity contribution in [2.24, 2.45) is 0 Å². The van der Waals surface area contributed by atoms with Crippen molar-refractivity contribution in [3.8, 4) is 0 Å². The smallest absolute Gasteiger partial charge is 0.129 e. The van der Waals surface area contributed by atoms with Crippen LogP contribution in [0, 0.1) is 33.5 Å². The van der Waals surface area contributed by atoms with Crippen molar-refractivity contribution in [3.05, 3.63) is 67.9 Å². The third-order valence-electron chi connectivity index (χ3n) is 3.93. The molecule has 1 atom stereocenters. The number of alkyl halides is 1. The second kappa shape index (κ2) is 5.98. The van der Waals surface area contributed by atoms with Gasteiger partial charge in [-0.1, -0.05) is 44.0 Å². The highest BCUT2D eigenvalue weighted by molar-refractivity contribution is 9.11. The van der Waals surface area contributed by atoms with Crippen LogP contribution in [0.2, 0.25) is 0 Å². The topological polar surface area (TPSA) is 0 Å². The predicted molar refractivity (Wildman–Crippen MR) is 90.3 cm³/mol. The minimum absolute atomic E-state index is 0.156. The van der Waals surface area contributed by atoms with Gasteiger partial charge >= 0.3 is 0 Å². The van der Waals surface area contributed by atoms with Gasteiger partial charge in [0.1, 0.15) is 5.82 Å². The number of aryl methyl sites for hydroxylation is 2. The fourth-order valence-corrected chi connectivity index (χ4v) is 4.55. The van der Waals surface area contributed by atoms with Crippen LogP contribution in [-0.4, -0.2) is 0 Å². The summed E-state index contributed by atoms with van der Waals surface area (Å²) in [7, 11) is 0. The summed E-state index contributed by atoms with van der Waals surface area (Å²) in [6.45, 7) is 8.39. The summed E-state index contributed by atoms with van der Waals surface area (Å²) in [6, 6.07) is 7.27. The molecule has 0 spiro atoms. The maximum atomic E-state index is 14.2. The summed E-state index contributed by atoms with van der Waals surface area (Å²) >= 11 is 7.16. The van der Waals surface area contributed by atoms with E-state index in [4.69, 9.17) is 0 Å². The van der Waals surface area contributed by atoms with Crippen LogP contribution in [0.1, 0.15) is 38.2 Å². The van der Waals surface area contributed by atoms with Crippen molar-refractivity contribution < 1.29 is 4.39 Å². The molecular formula is C17H17Br2F. The molecule has 0 aliphatic heterocycles. The van der Waals surface area contributed by atoms with Crippen molar-refractivity contribution in [2.45, 2.75) is 32.5 Å². The molecule has 0 N–H and O–H groups in total. The molecule has 0 nitrogen and oxygen atoms in total. The van der Waals surface area contributed by atoms with Crippen LogP contribution in [0.15, 0.2) is 28.7 Å². The average Bonchev–Trinajstić information content (AvgIpc) is 2.36. The van der Waals surface area contributed by atoms with Gasteiger partial charge < -0.3 is 0 Å². The maximum absolute atomic E-state index is 14.2. The minimum Gasteiger partial charge on any atom is -0.207 e. The molecule has 0 saturated carbocycles. The van der Waals surface area contributed by atoms with Gasteiger partial charge in [0.25, 0.3) is 0 Å². The van der Waals surface area contributed by atoms with Crippen LogP contribution in [0.5, 0.6) is 0 Å². The first-order valence-corrected chi connectivity index (χ1v) is 8.20. The van der Waals surface area contributed by atoms with Gasteiger partial charge in [0.05, 0.1) is 4.83 Å². The van der Waals surface area contributed by atoms with Gasteiger partial charge in [-0.25, -0.2) is 4.39 Å². The first-order valence-electron chi connectivity index (χ1n) is 6.49. The Labute approximate surface area is 136 Å². The number of halogens is 3. The Morgan fingerprint density at radius 3 is 2.00 bits per heavy atom. The first-order chi connectivity index (χ1) is 9.34. The third kappa shape index (κ3) is 2.71. The standard InChI is InChI=1S/C17H17Br2F/c1-9-8-10(2)12(4)15(11(9)3)17(19)16-13(18)6-5-7-14(16)20/h5-8,17H,1-4H3. The van der Waals surface area contributed by atoms with Gasteiger partial charge in [0.2, 0.25) is 0 Å². The highest BCUT2D eigenvalue weighted by Crippen LogP contribution is 2.41. The summed E-state index contributed by atoms with van der Waals surface area (Å²) < 4.78 is 15.0. The van der Waals surface area contributed by atoms with E-state index in [0.717, 1.165) is 10.0 Å². The van der Waals surface area contributed by atoms with Crippen molar-refractivity contribution in [3.63, 3.8) is 0 Å². The molecule has 0 aromatic heterocycles. The summed E-state index contributed by atoms with van der Waals surface area (Å²) in [5.41, 5.74) is 6.72. The summed E-state index contributed by atoms with van der Waals surface area (Å²) in [5.74, 6) is -0.195. The van der Waals surface area contributed by atoms with Crippen LogP contribution in [0.3, 0.4) is 0 Å². The summed E-state index contributed by atoms with van der Waals surface area (Å²) in [6.07, 6.45) is 0. The van der Waals surface area contributed by atoms with E-state index in [1.165, 1.54) is 28.3 Å². The van der Waals surface area contributed by atoms with Crippen LogP contribution < -0.4 is 0 Å². The van der Waals surface area contributed by atoms with Crippen molar-refractivity contribution in [1.82, 2.24) is 0 Å². The lowest BCUT2D eigenvalue weighted by Gasteiger charge is -2.21. The second-order valence-electron chi connectivity index (χ2n) is 5.17. The molecule has 0 fully saturated rings. The molecule has 0 radical (unpaired) electrons. The van der Waals surface area contributed by atoms with E-state index < -0.39 is 0 Å². The molecule has 2 rings (SSSR count). The fourth-order valence-electron chi connectivity index (χ4n) is 2.52. The van der Waals surface area contributed by atoms with Gasteiger partial charge in [-0.05, 0) is 67.6 Å². The highest BCUT2D eigenvalue weighted by Gasteiger charge is 2.22. The van der Waals surface area contributed by atoms with E-state index in [1.54, 1.807) is 6.07 Å². The maximum Gasteiger partial charge on any atom is 0.129 e. The van der Waals surface area contributed by atoms with Crippen molar-refractivity contribution in [1.29, 1.82) is 0 Å². The zero-order chi connectivity index (χ0) is 15.0. The average molecular weight is 400 g/mol. The van der Waals surface area contributed by atoms with E-state index in [9.17, 15) is 4.39 Å². The second-order valence-corrected chi connectivity index (χ2v) is 6.94. The Hall–Kier alpha value is -0.670. The van der Waals surface area contributed by atoms with E-state index in [2.05, 4.69) is 65.6 Å². The first kappa shape index (κ1) is 15.7. The molecule has 2 aromatic carbocycles. The largest absolute Gasteiger partial charge is 0.207 e. The molecule has 0 aliphatic carbocycles. The molecule has 2 aromatic rings. The minimum atomic E-state index is -0.195. The van der Waals surface area contributed by atoms with E-state index >= 15 is 0 Å². The molecule has 1 unspecified atom stereocenters. The van der Waals surface area contributed by atoms with Crippen LogP contribution in [0.4, 0.5) is 4.39 Å². The van der Waals surface area contributed by atoms with E-state index in [0.29, 0.717) is 5.56 Å². The zero-order valence-electron chi connectivity index (χ0n) is 12.0. The molecule has 0 amide bonds. The highest BCUT2D eigenvalue weighted by atomic mass is 79.9. The van der Waals surface area contributed by atoms with Crippen LogP contribution >= 0.6 is 31.9 Å². The monoisotopic (exact) mass is 398 g/mol. The molecule has 0 aliphatic rings. The summed E-state index contributed by atoms with van der Waals surface area (Å²) in [5, 5.41) is 0. The fraction of sp³-hybridized carbons (Fsp3) is 0.294. The Morgan fingerprint density at radius 2 is 1.50 bits per heavy atom. The molecule has 20 heavy (non-hydrogen) atoms. The van der Waals surface area contributed by atoms with E-state index in [-0.39, 0.29) is 10.6 Å². The lowest BCUT2D eigenvalue weighted by Crippen LogP contribution is -2.05.